The van der Waals surface area contributed by atoms with E-state index in [4.69, 9.17) is 9.47 Å². The zero-order valence-corrected chi connectivity index (χ0v) is 26.3. The molecule has 0 rings (SSSR count). The molecule has 0 unspecified atom stereocenters. The maximum atomic E-state index is 11.9. The van der Waals surface area contributed by atoms with E-state index in [9.17, 15) is 14.7 Å². The van der Waals surface area contributed by atoms with Crippen molar-refractivity contribution in [2.75, 3.05) is 13.2 Å². The van der Waals surface area contributed by atoms with Gasteiger partial charge in [-0.3, -0.25) is 9.59 Å². The first-order valence-electron chi connectivity index (χ1n) is 16.9. The fourth-order valence-electron chi connectivity index (χ4n) is 4.92. The maximum Gasteiger partial charge on any atom is 0.305 e. The topological polar surface area (TPSA) is 72.8 Å². The Morgan fingerprint density at radius 1 is 0.513 bits per heavy atom. The smallest absolute Gasteiger partial charge is 0.305 e. The molecule has 0 spiro atoms. The molecule has 0 bridgehead atoms. The molecule has 0 aromatic rings. The van der Waals surface area contributed by atoms with E-state index < -0.39 is 6.10 Å². The highest BCUT2D eigenvalue weighted by Crippen LogP contribution is 2.15. The van der Waals surface area contributed by atoms with Gasteiger partial charge in [0.05, 0.1) is 0 Å². The Morgan fingerprint density at radius 2 is 0.821 bits per heavy atom. The van der Waals surface area contributed by atoms with Gasteiger partial charge in [0.2, 0.25) is 0 Å². The second-order valence-electron chi connectivity index (χ2n) is 12.1. The van der Waals surface area contributed by atoms with Crippen LogP contribution in [0.1, 0.15) is 181 Å². The van der Waals surface area contributed by atoms with Crippen LogP contribution >= 0.6 is 0 Å². The number of esters is 2. The number of aliphatic hydroxyl groups is 1. The summed E-state index contributed by atoms with van der Waals surface area (Å²) >= 11 is 0. The molecule has 0 aromatic heterocycles. The number of hydrogen-bond donors (Lipinski definition) is 1. The minimum absolute atomic E-state index is 0.109. The summed E-state index contributed by atoms with van der Waals surface area (Å²) in [6, 6.07) is 0. The first-order valence-corrected chi connectivity index (χ1v) is 16.9. The first-order chi connectivity index (χ1) is 19.0. The lowest BCUT2D eigenvalue weighted by molar-refractivity contribution is -0.152. The average Bonchev–Trinajstić information content (AvgIpc) is 2.91. The van der Waals surface area contributed by atoms with Crippen molar-refractivity contribution in [3.8, 4) is 0 Å². The Bertz CT molecular complexity index is 534. The molecule has 0 amide bonds. The lowest BCUT2D eigenvalue weighted by Crippen LogP contribution is -2.25. The maximum absolute atomic E-state index is 11.9. The van der Waals surface area contributed by atoms with Gasteiger partial charge in [-0.25, -0.2) is 0 Å². The van der Waals surface area contributed by atoms with Crippen LogP contribution in [0.3, 0.4) is 0 Å². The number of rotatable bonds is 30. The van der Waals surface area contributed by atoms with E-state index >= 15 is 0 Å². The van der Waals surface area contributed by atoms with Crippen LogP contribution in [-0.2, 0) is 19.1 Å². The molecule has 0 aliphatic heterocycles. The van der Waals surface area contributed by atoms with Gasteiger partial charge in [0.1, 0.15) is 19.3 Å². The van der Waals surface area contributed by atoms with Crippen molar-refractivity contribution in [1.82, 2.24) is 0 Å². The van der Waals surface area contributed by atoms with Crippen LogP contribution < -0.4 is 0 Å². The van der Waals surface area contributed by atoms with Crippen LogP contribution in [0.4, 0.5) is 0 Å². The summed E-state index contributed by atoms with van der Waals surface area (Å²) < 4.78 is 10.3. The van der Waals surface area contributed by atoms with E-state index in [2.05, 4.69) is 20.8 Å². The molecule has 0 aromatic carbocycles. The largest absolute Gasteiger partial charge is 0.463 e. The zero-order chi connectivity index (χ0) is 28.8. The van der Waals surface area contributed by atoms with Gasteiger partial charge in [-0.2, -0.15) is 0 Å². The Balaban J connectivity index is 3.40. The number of aliphatic hydroxyl groups excluding tert-OH is 1. The molecule has 232 valence electrons. The molecule has 5 heteroatoms. The highest BCUT2D eigenvalue weighted by Gasteiger charge is 2.12. The fraction of sp³-hybridized carbons (Fsp3) is 0.941. The van der Waals surface area contributed by atoms with Crippen molar-refractivity contribution >= 4 is 11.9 Å². The zero-order valence-electron chi connectivity index (χ0n) is 26.3. The summed E-state index contributed by atoms with van der Waals surface area (Å²) in [6.45, 7) is 6.63. The highest BCUT2D eigenvalue weighted by molar-refractivity contribution is 5.69. The fourth-order valence-corrected chi connectivity index (χ4v) is 4.92. The molecule has 0 heterocycles. The Hall–Kier alpha value is -1.10. The van der Waals surface area contributed by atoms with Crippen molar-refractivity contribution in [1.29, 1.82) is 0 Å². The minimum Gasteiger partial charge on any atom is -0.463 e. The van der Waals surface area contributed by atoms with Gasteiger partial charge < -0.3 is 14.6 Å². The summed E-state index contributed by atoms with van der Waals surface area (Å²) in [6.07, 6.45) is 28.6. The Labute approximate surface area is 242 Å². The van der Waals surface area contributed by atoms with Gasteiger partial charge >= 0.3 is 11.9 Å². The molecule has 1 atom stereocenters. The third kappa shape index (κ3) is 31.3. The summed E-state index contributed by atoms with van der Waals surface area (Å²) in [5.41, 5.74) is 0. The molecule has 0 aliphatic carbocycles. The van der Waals surface area contributed by atoms with Crippen molar-refractivity contribution in [2.24, 2.45) is 5.92 Å². The number of hydrogen-bond acceptors (Lipinski definition) is 5. The third-order valence-corrected chi connectivity index (χ3v) is 7.52. The average molecular weight is 555 g/mol. The van der Waals surface area contributed by atoms with Crippen LogP contribution in [0.2, 0.25) is 0 Å². The van der Waals surface area contributed by atoms with E-state index in [0.29, 0.717) is 12.8 Å². The molecule has 0 aliphatic rings. The Morgan fingerprint density at radius 3 is 1.15 bits per heavy atom. The molecule has 0 saturated heterocycles. The predicted octanol–water partition coefficient (Wildman–Crippen LogP) is 9.86. The number of carbonyl (C=O) groups is 2. The second kappa shape index (κ2) is 29.9. The highest BCUT2D eigenvalue weighted by atomic mass is 16.6. The molecule has 0 saturated carbocycles. The Kier molecular flexibility index (Phi) is 29.0. The molecule has 39 heavy (non-hydrogen) atoms. The van der Waals surface area contributed by atoms with Crippen molar-refractivity contribution in [3.63, 3.8) is 0 Å². The molecular formula is C34H66O5. The third-order valence-electron chi connectivity index (χ3n) is 7.52. The van der Waals surface area contributed by atoms with Crippen LogP contribution in [0.5, 0.6) is 0 Å². The van der Waals surface area contributed by atoms with Gasteiger partial charge in [-0.1, -0.05) is 156 Å². The van der Waals surface area contributed by atoms with Crippen molar-refractivity contribution < 1.29 is 24.2 Å². The minimum atomic E-state index is -0.953. The van der Waals surface area contributed by atoms with E-state index in [-0.39, 0.29) is 25.2 Å². The number of carbonyl (C=O) groups excluding carboxylic acids is 2. The van der Waals surface area contributed by atoms with E-state index in [1.54, 1.807) is 0 Å². The lowest BCUT2D eigenvalue weighted by atomic mass is 10.0. The van der Waals surface area contributed by atoms with Crippen LogP contribution in [0.15, 0.2) is 0 Å². The van der Waals surface area contributed by atoms with Gasteiger partial charge in [-0.15, -0.1) is 0 Å². The summed E-state index contributed by atoms with van der Waals surface area (Å²) in [5.74, 6) is 0.284. The monoisotopic (exact) mass is 554 g/mol. The van der Waals surface area contributed by atoms with Crippen LogP contribution in [0.25, 0.3) is 0 Å². The van der Waals surface area contributed by atoms with Crippen molar-refractivity contribution in [3.05, 3.63) is 0 Å². The quantitative estimate of drug-likeness (QED) is 0.0706. The van der Waals surface area contributed by atoms with Crippen LogP contribution in [0, 0.1) is 5.92 Å². The normalized spacial score (nSPS) is 12.1. The molecule has 5 nitrogen and oxygen atoms in total. The van der Waals surface area contributed by atoms with E-state index in [1.165, 1.54) is 122 Å². The van der Waals surface area contributed by atoms with Gasteiger partial charge in [0.15, 0.2) is 0 Å². The molecule has 1 N–H and O–H groups in total. The standard InChI is InChI=1S/C34H66O5/c1-4-5-6-7-8-9-15-18-21-24-27-33(36)38-29-32(35)30-39-34(37)28-25-22-19-16-13-11-10-12-14-17-20-23-26-31(2)3/h31-32,35H,4-30H2,1-3H3/t32-/m0/s1. The molecule has 0 radical (unpaired) electrons. The van der Waals surface area contributed by atoms with Gasteiger partial charge in [0.25, 0.3) is 0 Å². The summed E-state index contributed by atoms with van der Waals surface area (Å²) in [4.78, 5) is 23.7. The van der Waals surface area contributed by atoms with E-state index in [0.717, 1.165) is 31.6 Å². The summed E-state index contributed by atoms with van der Waals surface area (Å²) in [5, 5.41) is 9.94. The summed E-state index contributed by atoms with van der Waals surface area (Å²) in [7, 11) is 0. The van der Waals surface area contributed by atoms with Crippen molar-refractivity contribution in [2.45, 2.75) is 187 Å². The second-order valence-corrected chi connectivity index (χ2v) is 12.1. The first kappa shape index (κ1) is 37.9. The lowest BCUT2D eigenvalue weighted by Gasteiger charge is -2.12. The molecular weight excluding hydrogens is 488 g/mol. The van der Waals surface area contributed by atoms with Gasteiger partial charge in [0, 0.05) is 12.8 Å². The molecule has 0 fully saturated rings. The van der Waals surface area contributed by atoms with E-state index in [1.807, 2.05) is 0 Å². The number of unbranched alkanes of at least 4 members (excludes halogenated alkanes) is 20. The number of ether oxygens (including phenoxy) is 2. The van der Waals surface area contributed by atoms with Gasteiger partial charge in [-0.05, 0) is 18.8 Å². The van der Waals surface area contributed by atoms with Crippen LogP contribution in [-0.4, -0.2) is 36.4 Å². The predicted molar refractivity (Wildman–Crippen MR) is 164 cm³/mol. The SMILES string of the molecule is CCCCCCCCCCCCC(=O)OC[C@H](O)COC(=O)CCCCCCCCCCCCCCC(C)C.